The molecule has 2 aromatic carbocycles. The Balaban J connectivity index is 1.88. The standard InChI is InChI=1S/C21H16N2O2S2/c1-4-22-16-10-6-5-9-14(16)17(19(22)24)18-20(25)23(21(26)27-18)15-11-7-8-12(2)13(15)3/h4-11H,1H2,2-3H3. The van der Waals surface area contributed by atoms with Crippen LogP contribution in [-0.2, 0) is 9.59 Å². The second-order valence-electron chi connectivity index (χ2n) is 6.31. The monoisotopic (exact) mass is 392 g/mol. The van der Waals surface area contributed by atoms with Gasteiger partial charge in [-0.25, -0.2) is 0 Å². The number of thiocarbonyl (C=S) groups is 1. The summed E-state index contributed by atoms with van der Waals surface area (Å²) in [6, 6.07) is 13.2. The second kappa shape index (κ2) is 6.48. The average Bonchev–Trinajstić information content (AvgIpc) is 3.10. The molecule has 134 valence electrons. The van der Waals surface area contributed by atoms with Crippen molar-refractivity contribution in [3.8, 4) is 0 Å². The number of para-hydroxylation sites is 1. The van der Waals surface area contributed by atoms with Gasteiger partial charge in [-0.05, 0) is 37.1 Å². The van der Waals surface area contributed by atoms with Gasteiger partial charge in [0.25, 0.3) is 11.8 Å². The van der Waals surface area contributed by atoms with Crippen LogP contribution in [0.2, 0.25) is 0 Å². The zero-order chi connectivity index (χ0) is 19.3. The molecule has 0 bridgehead atoms. The summed E-state index contributed by atoms with van der Waals surface area (Å²) in [4.78, 5) is 29.6. The minimum Gasteiger partial charge on any atom is -0.284 e. The van der Waals surface area contributed by atoms with Gasteiger partial charge in [-0.1, -0.05) is 60.9 Å². The Kier molecular flexibility index (Phi) is 4.25. The van der Waals surface area contributed by atoms with Gasteiger partial charge in [0.15, 0.2) is 4.32 Å². The highest BCUT2D eigenvalue weighted by molar-refractivity contribution is 8.27. The normalized spacial score (nSPS) is 19.1. The summed E-state index contributed by atoms with van der Waals surface area (Å²) in [6.45, 7) is 7.68. The van der Waals surface area contributed by atoms with Crippen LogP contribution in [0.25, 0.3) is 5.57 Å². The van der Waals surface area contributed by atoms with Crippen molar-refractivity contribution in [2.75, 3.05) is 9.80 Å². The Morgan fingerprint density at radius 2 is 1.70 bits per heavy atom. The van der Waals surface area contributed by atoms with Crippen molar-refractivity contribution >= 4 is 57.1 Å². The summed E-state index contributed by atoms with van der Waals surface area (Å²) >= 11 is 6.67. The van der Waals surface area contributed by atoms with Crippen LogP contribution in [0.15, 0.2) is 60.1 Å². The maximum Gasteiger partial charge on any atom is 0.271 e. The highest BCUT2D eigenvalue weighted by Crippen LogP contribution is 2.46. The number of hydrogen-bond donors (Lipinski definition) is 0. The molecule has 1 fully saturated rings. The summed E-state index contributed by atoms with van der Waals surface area (Å²) in [5.41, 5.74) is 4.66. The van der Waals surface area contributed by atoms with E-state index in [9.17, 15) is 9.59 Å². The first-order valence-electron chi connectivity index (χ1n) is 8.38. The molecule has 2 aliphatic rings. The smallest absolute Gasteiger partial charge is 0.271 e. The first kappa shape index (κ1) is 17.7. The van der Waals surface area contributed by atoms with Gasteiger partial charge in [-0.2, -0.15) is 0 Å². The molecule has 2 heterocycles. The molecule has 4 rings (SSSR count). The SMILES string of the molecule is C=CN1C(=O)C(=C2SC(=S)N(c3cccc(C)c3C)C2=O)c2ccccc21. The molecule has 6 heteroatoms. The summed E-state index contributed by atoms with van der Waals surface area (Å²) in [5.74, 6) is -0.518. The molecule has 0 spiro atoms. The predicted molar refractivity (Wildman–Crippen MR) is 115 cm³/mol. The van der Waals surface area contributed by atoms with E-state index in [2.05, 4.69) is 6.58 Å². The van der Waals surface area contributed by atoms with Gasteiger partial charge >= 0.3 is 0 Å². The van der Waals surface area contributed by atoms with Crippen molar-refractivity contribution < 1.29 is 9.59 Å². The highest BCUT2D eigenvalue weighted by Gasteiger charge is 2.42. The number of rotatable bonds is 2. The van der Waals surface area contributed by atoms with E-state index < -0.39 is 0 Å². The Labute approximate surface area is 167 Å². The lowest BCUT2D eigenvalue weighted by atomic mass is 10.1. The van der Waals surface area contributed by atoms with E-state index in [4.69, 9.17) is 12.2 Å². The lowest BCUT2D eigenvalue weighted by Crippen LogP contribution is -2.29. The van der Waals surface area contributed by atoms with Crippen LogP contribution in [0, 0.1) is 13.8 Å². The number of thioether (sulfide) groups is 1. The zero-order valence-electron chi connectivity index (χ0n) is 14.9. The van der Waals surface area contributed by atoms with E-state index >= 15 is 0 Å². The van der Waals surface area contributed by atoms with Crippen molar-refractivity contribution in [1.82, 2.24) is 0 Å². The number of hydrogen-bond acceptors (Lipinski definition) is 4. The van der Waals surface area contributed by atoms with Gasteiger partial charge in [0.05, 0.1) is 21.9 Å². The van der Waals surface area contributed by atoms with Gasteiger partial charge in [-0.3, -0.25) is 19.4 Å². The van der Waals surface area contributed by atoms with Crippen LogP contribution in [0.4, 0.5) is 11.4 Å². The number of carbonyl (C=O) groups excluding carboxylic acids is 2. The van der Waals surface area contributed by atoms with Crippen LogP contribution in [0.5, 0.6) is 0 Å². The van der Waals surface area contributed by atoms with Crippen molar-refractivity contribution in [3.63, 3.8) is 0 Å². The van der Waals surface area contributed by atoms with Crippen LogP contribution in [0.3, 0.4) is 0 Å². The van der Waals surface area contributed by atoms with E-state index in [1.165, 1.54) is 27.8 Å². The number of benzene rings is 2. The topological polar surface area (TPSA) is 40.6 Å². The molecule has 2 aromatic rings. The third-order valence-corrected chi connectivity index (χ3v) is 6.23. The average molecular weight is 393 g/mol. The predicted octanol–water partition coefficient (Wildman–Crippen LogP) is 4.57. The fourth-order valence-electron chi connectivity index (χ4n) is 3.35. The maximum atomic E-state index is 13.3. The second-order valence-corrected chi connectivity index (χ2v) is 7.95. The molecule has 4 nitrogen and oxygen atoms in total. The van der Waals surface area contributed by atoms with Crippen LogP contribution in [-0.4, -0.2) is 16.1 Å². The Morgan fingerprint density at radius 1 is 1.00 bits per heavy atom. The number of carbonyl (C=O) groups is 2. The zero-order valence-corrected chi connectivity index (χ0v) is 16.5. The molecule has 2 aliphatic heterocycles. The number of amides is 2. The molecule has 1 saturated heterocycles. The third-order valence-electron chi connectivity index (χ3n) is 4.86. The van der Waals surface area contributed by atoms with E-state index in [0.717, 1.165) is 28.1 Å². The first-order chi connectivity index (χ1) is 13.0. The number of fused-ring (bicyclic) bond motifs is 1. The fraction of sp³-hybridized carbons (Fsp3) is 0.0952. The first-order valence-corrected chi connectivity index (χ1v) is 9.60. The highest BCUT2D eigenvalue weighted by atomic mass is 32.2. The number of anilines is 2. The van der Waals surface area contributed by atoms with Crippen molar-refractivity contribution in [2.45, 2.75) is 13.8 Å². The Bertz CT molecular complexity index is 1070. The largest absolute Gasteiger partial charge is 0.284 e. The Morgan fingerprint density at radius 3 is 2.44 bits per heavy atom. The van der Waals surface area contributed by atoms with Gasteiger partial charge in [0.1, 0.15) is 0 Å². The molecule has 27 heavy (non-hydrogen) atoms. The molecule has 0 unspecified atom stereocenters. The van der Waals surface area contributed by atoms with Gasteiger partial charge < -0.3 is 0 Å². The lowest BCUT2D eigenvalue weighted by molar-refractivity contribution is -0.114. The van der Waals surface area contributed by atoms with E-state index in [1.807, 2.05) is 56.3 Å². The number of aryl methyl sites for hydroxylation is 1. The lowest BCUT2D eigenvalue weighted by Gasteiger charge is -2.18. The minimum absolute atomic E-state index is 0.257. The van der Waals surface area contributed by atoms with Crippen LogP contribution < -0.4 is 9.80 Å². The molecule has 0 saturated carbocycles. The van der Waals surface area contributed by atoms with E-state index in [1.54, 1.807) is 0 Å². The van der Waals surface area contributed by atoms with Crippen molar-refractivity contribution in [2.24, 2.45) is 0 Å². The molecule has 0 atom stereocenters. The van der Waals surface area contributed by atoms with Gasteiger partial charge in [0.2, 0.25) is 0 Å². The summed E-state index contributed by atoms with van der Waals surface area (Å²) < 4.78 is 0.429. The quantitative estimate of drug-likeness (QED) is 0.555. The molecular formula is C21H16N2O2S2. The fourth-order valence-corrected chi connectivity index (χ4v) is 4.70. The maximum absolute atomic E-state index is 13.3. The molecule has 0 aliphatic carbocycles. The van der Waals surface area contributed by atoms with Crippen LogP contribution >= 0.6 is 24.0 Å². The van der Waals surface area contributed by atoms with Crippen molar-refractivity contribution in [1.29, 1.82) is 0 Å². The molecular weight excluding hydrogens is 376 g/mol. The third kappa shape index (κ3) is 2.56. The summed E-state index contributed by atoms with van der Waals surface area (Å²) in [7, 11) is 0. The molecule has 0 aromatic heterocycles. The van der Waals surface area contributed by atoms with Crippen molar-refractivity contribution in [3.05, 3.63) is 76.8 Å². The Hall–Kier alpha value is -2.70. The molecule has 0 N–H and O–H groups in total. The van der Waals surface area contributed by atoms with Gasteiger partial charge in [0, 0.05) is 11.8 Å². The minimum atomic E-state index is -0.261. The van der Waals surface area contributed by atoms with Gasteiger partial charge in [-0.15, -0.1) is 0 Å². The number of nitrogens with zero attached hydrogens (tertiary/aromatic N) is 2. The summed E-state index contributed by atoms with van der Waals surface area (Å²) in [5, 5.41) is 0. The summed E-state index contributed by atoms with van der Waals surface area (Å²) in [6.07, 6.45) is 1.47. The van der Waals surface area contributed by atoms with Crippen LogP contribution in [0.1, 0.15) is 16.7 Å². The molecule has 2 amide bonds. The van der Waals surface area contributed by atoms with E-state index in [-0.39, 0.29) is 11.8 Å². The van der Waals surface area contributed by atoms with E-state index in [0.29, 0.717) is 14.8 Å². The molecule has 0 radical (unpaired) electrons.